The molecule has 0 aromatic heterocycles. The van der Waals surface area contributed by atoms with Crippen LogP contribution in [0.2, 0.25) is 0 Å². The van der Waals surface area contributed by atoms with Crippen LogP contribution < -0.4 is 9.47 Å². The highest BCUT2D eigenvalue weighted by molar-refractivity contribution is 9.10. The summed E-state index contributed by atoms with van der Waals surface area (Å²) in [7, 11) is 0. The van der Waals surface area contributed by atoms with Gasteiger partial charge in [0.1, 0.15) is 12.4 Å². The molecular weight excluding hydrogens is 351 g/mol. The predicted octanol–water partition coefficient (Wildman–Crippen LogP) is 4.79. The summed E-state index contributed by atoms with van der Waals surface area (Å²) in [6.07, 6.45) is 0.277. The van der Waals surface area contributed by atoms with Crippen LogP contribution >= 0.6 is 15.9 Å². The lowest BCUT2D eigenvalue weighted by molar-refractivity contribution is -0.134. The van der Waals surface area contributed by atoms with Crippen molar-refractivity contribution in [2.24, 2.45) is 0 Å². The fraction of sp³-hybridized carbons (Fsp3) is 0.235. The maximum absolute atomic E-state index is 13.8. The molecule has 3 nitrogen and oxygen atoms in total. The van der Waals surface area contributed by atoms with Gasteiger partial charge in [0, 0.05) is 16.5 Å². The van der Waals surface area contributed by atoms with E-state index in [4.69, 9.17) is 9.47 Å². The fourth-order valence-electron chi connectivity index (χ4n) is 1.84. The number of hydrogen-bond donors (Lipinski definition) is 0. The molecule has 22 heavy (non-hydrogen) atoms. The van der Waals surface area contributed by atoms with E-state index in [1.807, 2.05) is 13.0 Å². The highest BCUT2D eigenvalue weighted by Crippen LogP contribution is 2.29. The summed E-state index contributed by atoms with van der Waals surface area (Å²) in [6.45, 7) is 3.62. The van der Waals surface area contributed by atoms with Gasteiger partial charge in [-0.3, -0.25) is 4.79 Å². The second-order valence-electron chi connectivity index (χ2n) is 4.77. The molecule has 2 aromatic carbocycles. The van der Waals surface area contributed by atoms with E-state index in [1.54, 1.807) is 31.2 Å². The lowest BCUT2D eigenvalue weighted by Gasteiger charge is -2.13. The van der Waals surface area contributed by atoms with Gasteiger partial charge in [-0.25, -0.2) is 4.39 Å². The van der Waals surface area contributed by atoms with E-state index in [-0.39, 0.29) is 24.7 Å². The van der Waals surface area contributed by atoms with Crippen molar-refractivity contribution in [3.05, 3.63) is 57.8 Å². The van der Waals surface area contributed by atoms with E-state index in [2.05, 4.69) is 15.9 Å². The zero-order valence-corrected chi connectivity index (χ0v) is 13.9. The van der Waals surface area contributed by atoms with Crippen molar-refractivity contribution < 1.29 is 18.7 Å². The number of aryl methyl sites for hydroxylation is 1. The van der Waals surface area contributed by atoms with Gasteiger partial charge in [-0.2, -0.15) is 0 Å². The molecule has 0 bridgehead atoms. The lowest BCUT2D eigenvalue weighted by atomic mass is 10.2. The Morgan fingerprint density at radius 2 is 2.00 bits per heavy atom. The highest BCUT2D eigenvalue weighted by Gasteiger charge is 2.13. The Balaban J connectivity index is 2.19. The number of carbonyl (C=O) groups is 1. The first-order valence-electron chi connectivity index (χ1n) is 6.88. The van der Waals surface area contributed by atoms with Gasteiger partial charge in [-0.1, -0.05) is 35.0 Å². The predicted molar refractivity (Wildman–Crippen MR) is 85.5 cm³/mol. The molecule has 0 saturated heterocycles. The number of ether oxygens (including phenoxy) is 2. The monoisotopic (exact) mass is 366 g/mol. The van der Waals surface area contributed by atoms with Gasteiger partial charge < -0.3 is 9.47 Å². The number of carbonyl (C=O) groups excluding carboxylic acids is 1. The van der Waals surface area contributed by atoms with Crippen LogP contribution in [0, 0.1) is 12.7 Å². The van der Waals surface area contributed by atoms with Crippen LogP contribution in [0.4, 0.5) is 4.39 Å². The SMILES string of the molecule is CCC(=O)Oc1cccc(Br)c1COc1ccc(C)cc1F. The topological polar surface area (TPSA) is 35.5 Å². The Bertz CT molecular complexity index is 686. The number of rotatable bonds is 5. The van der Waals surface area contributed by atoms with E-state index in [1.165, 1.54) is 6.07 Å². The van der Waals surface area contributed by atoms with Crippen LogP contribution in [0.25, 0.3) is 0 Å². The van der Waals surface area contributed by atoms with Crippen LogP contribution in [0.3, 0.4) is 0 Å². The number of halogens is 2. The Morgan fingerprint density at radius 1 is 1.23 bits per heavy atom. The second-order valence-corrected chi connectivity index (χ2v) is 5.62. The first-order chi connectivity index (χ1) is 10.5. The number of esters is 1. The Morgan fingerprint density at radius 3 is 2.68 bits per heavy atom. The maximum atomic E-state index is 13.8. The lowest BCUT2D eigenvalue weighted by Crippen LogP contribution is -2.09. The Hall–Kier alpha value is -1.88. The van der Waals surface area contributed by atoms with Gasteiger partial charge in [0.15, 0.2) is 11.6 Å². The molecule has 0 amide bonds. The maximum Gasteiger partial charge on any atom is 0.310 e. The van der Waals surface area contributed by atoms with Crippen molar-refractivity contribution in [2.45, 2.75) is 26.9 Å². The van der Waals surface area contributed by atoms with Gasteiger partial charge >= 0.3 is 5.97 Å². The average molecular weight is 367 g/mol. The first kappa shape index (κ1) is 16.5. The molecule has 2 aromatic rings. The summed E-state index contributed by atoms with van der Waals surface area (Å²) in [5, 5.41) is 0. The third-order valence-electron chi connectivity index (χ3n) is 3.05. The van der Waals surface area contributed by atoms with Crippen LogP contribution in [0.5, 0.6) is 11.5 Å². The summed E-state index contributed by atoms with van der Waals surface area (Å²) in [5.41, 5.74) is 1.48. The average Bonchev–Trinajstić information content (AvgIpc) is 2.48. The Labute approximate surface area is 137 Å². The van der Waals surface area contributed by atoms with Crippen molar-refractivity contribution in [2.75, 3.05) is 0 Å². The number of hydrogen-bond acceptors (Lipinski definition) is 3. The molecule has 0 aliphatic rings. The summed E-state index contributed by atoms with van der Waals surface area (Å²) < 4.78 is 25.3. The first-order valence-corrected chi connectivity index (χ1v) is 7.67. The van der Waals surface area contributed by atoms with Crippen molar-refractivity contribution in [3.63, 3.8) is 0 Å². The fourth-order valence-corrected chi connectivity index (χ4v) is 2.30. The van der Waals surface area contributed by atoms with E-state index in [0.29, 0.717) is 11.3 Å². The molecule has 0 radical (unpaired) electrons. The quantitative estimate of drug-likeness (QED) is 0.563. The molecule has 0 aliphatic heterocycles. The molecule has 0 heterocycles. The largest absolute Gasteiger partial charge is 0.486 e. The summed E-state index contributed by atoms with van der Waals surface area (Å²) in [6, 6.07) is 10.0. The molecule has 116 valence electrons. The molecule has 0 aliphatic carbocycles. The minimum atomic E-state index is -0.417. The van der Waals surface area contributed by atoms with E-state index in [9.17, 15) is 9.18 Å². The third-order valence-corrected chi connectivity index (χ3v) is 3.79. The van der Waals surface area contributed by atoms with E-state index >= 15 is 0 Å². The minimum Gasteiger partial charge on any atom is -0.486 e. The van der Waals surface area contributed by atoms with Gasteiger partial charge in [-0.15, -0.1) is 0 Å². The molecule has 0 atom stereocenters. The second kappa shape index (κ2) is 7.40. The van der Waals surface area contributed by atoms with Gasteiger partial charge in [0.05, 0.1) is 0 Å². The van der Waals surface area contributed by atoms with Crippen LogP contribution in [0.1, 0.15) is 24.5 Å². The zero-order chi connectivity index (χ0) is 16.1. The van der Waals surface area contributed by atoms with Crippen LogP contribution in [0.15, 0.2) is 40.9 Å². The van der Waals surface area contributed by atoms with Gasteiger partial charge in [-0.05, 0) is 36.8 Å². The normalized spacial score (nSPS) is 10.4. The molecule has 0 unspecified atom stereocenters. The van der Waals surface area contributed by atoms with Crippen molar-refractivity contribution >= 4 is 21.9 Å². The van der Waals surface area contributed by atoms with Crippen molar-refractivity contribution in [1.29, 1.82) is 0 Å². The molecule has 0 saturated carbocycles. The van der Waals surface area contributed by atoms with E-state index in [0.717, 1.165) is 10.0 Å². The summed E-state index contributed by atoms with van der Waals surface area (Å²) in [4.78, 5) is 11.5. The van der Waals surface area contributed by atoms with Crippen LogP contribution in [-0.2, 0) is 11.4 Å². The molecule has 0 fully saturated rings. The third kappa shape index (κ3) is 4.07. The van der Waals surface area contributed by atoms with Crippen molar-refractivity contribution in [1.82, 2.24) is 0 Å². The molecule has 5 heteroatoms. The zero-order valence-electron chi connectivity index (χ0n) is 12.4. The number of benzene rings is 2. The molecule has 0 N–H and O–H groups in total. The molecule has 0 spiro atoms. The van der Waals surface area contributed by atoms with E-state index < -0.39 is 5.82 Å². The van der Waals surface area contributed by atoms with Crippen LogP contribution in [-0.4, -0.2) is 5.97 Å². The van der Waals surface area contributed by atoms with Gasteiger partial charge in [0.2, 0.25) is 0 Å². The highest BCUT2D eigenvalue weighted by atomic mass is 79.9. The van der Waals surface area contributed by atoms with Crippen molar-refractivity contribution in [3.8, 4) is 11.5 Å². The summed E-state index contributed by atoms with van der Waals surface area (Å²) in [5.74, 6) is -0.178. The van der Waals surface area contributed by atoms with Gasteiger partial charge in [0.25, 0.3) is 0 Å². The molecule has 2 rings (SSSR count). The molecular formula is C17H16BrFO3. The standard InChI is InChI=1S/C17H16BrFO3/c1-3-17(20)22-15-6-4-5-13(18)12(15)10-21-16-8-7-11(2)9-14(16)19/h4-9H,3,10H2,1-2H3. The Kier molecular flexibility index (Phi) is 5.55. The minimum absolute atomic E-state index is 0.0910. The smallest absolute Gasteiger partial charge is 0.310 e. The summed E-state index contributed by atoms with van der Waals surface area (Å²) >= 11 is 3.40.